The summed E-state index contributed by atoms with van der Waals surface area (Å²) in [6, 6.07) is 7.45. The first-order valence-electron chi connectivity index (χ1n) is 6.86. The molecule has 20 heavy (non-hydrogen) atoms. The van der Waals surface area contributed by atoms with Gasteiger partial charge >= 0.3 is 5.97 Å². The van der Waals surface area contributed by atoms with E-state index in [0.29, 0.717) is 6.61 Å². The Labute approximate surface area is 119 Å². The number of rotatable bonds is 10. The van der Waals surface area contributed by atoms with Crippen molar-refractivity contribution in [1.82, 2.24) is 5.32 Å². The molecule has 0 radical (unpaired) electrons. The molecule has 0 aliphatic carbocycles. The lowest BCUT2D eigenvalue weighted by Crippen LogP contribution is -2.19. The van der Waals surface area contributed by atoms with Gasteiger partial charge in [-0.15, -0.1) is 0 Å². The summed E-state index contributed by atoms with van der Waals surface area (Å²) in [6.45, 7) is 2.57. The van der Waals surface area contributed by atoms with Crippen molar-refractivity contribution in [2.75, 3.05) is 33.4 Å². The highest BCUT2D eigenvalue weighted by Gasteiger charge is 2.02. The zero-order valence-corrected chi connectivity index (χ0v) is 11.9. The van der Waals surface area contributed by atoms with E-state index in [0.717, 1.165) is 37.2 Å². The summed E-state index contributed by atoms with van der Waals surface area (Å²) in [5, 5.41) is 11.8. The summed E-state index contributed by atoms with van der Waals surface area (Å²) in [5.41, 5.74) is 0.912. The average molecular weight is 281 g/mol. The van der Waals surface area contributed by atoms with Crippen molar-refractivity contribution in [3.63, 3.8) is 0 Å². The molecule has 0 spiro atoms. The molecule has 0 heterocycles. The second kappa shape index (κ2) is 10.2. The fourth-order valence-electron chi connectivity index (χ4n) is 1.66. The van der Waals surface area contributed by atoms with Gasteiger partial charge in [0.1, 0.15) is 5.75 Å². The molecule has 2 N–H and O–H groups in total. The van der Waals surface area contributed by atoms with E-state index in [9.17, 15) is 4.79 Å². The lowest BCUT2D eigenvalue weighted by molar-refractivity contribution is -0.139. The van der Waals surface area contributed by atoms with Gasteiger partial charge in [0.05, 0.1) is 20.1 Å². The Morgan fingerprint density at radius 1 is 1.20 bits per heavy atom. The Hall–Kier alpha value is -1.59. The van der Waals surface area contributed by atoms with Crippen LogP contribution in [0.5, 0.6) is 5.75 Å². The van der Waals surface area contributed by atoms with Gasteiger partial charge in [-0.2, -0.15) is 0 Å². The van der Waals surface area contributed by atoms with Gasteiger partial charge in [0.15, 0.2) is 0 Å². The molecular weight excluding hydrogens is 258 g/mol. The number of hydrogen-bond donors (Lipinski definition) is 2. The number of carbonyl (C=O) groups is 1. The van der Waals surface area contributed by atoms with E-state index < -0.39 is 0 Å². The number of aliphatic hydroxyl groups is 1. The smallest absolute Gasteiger partial charge is 0.309 e. The molecule has 0 bridgehead atoms. The van der Waals surface area contributed by atoms with Gasteiger partial charge in [-0.25, -0.2) is 0 Å². The maximum Gasteiger partial charge on any atom is 0.309 e. The molecule has 0 aliphatic rings. The Morgan fingerprint density at radius 2 is 1.90 bits per heavy atom. The topological polar surface area (TPSA) is 67.8 Å². The van der Waals surface area contributed by atoms with E-state index in [1.165, 1.54) is 7.11 Å². The van der Waals surface area contributed by atoms with Gasteiger partial charge in [0.25, 0.3) is 0 Å². The molecule has 0 aliphatic heterocycles. The molecule has 0 amide bonds. The first-order chi connectivity index (χ1) is 9.76. The molecule has 1 aromatic carbocycles. The first-order valence-corrected chi connectivity index (χ1v) is 6.86. The molecule has 5 nitrogen and oxygen atoms in total. The third-order valence-corrected chi connectivity index (χ3v) is 2.78. The first kappa shape index (κ1) is 16.5. The van der Waals surface area contributed by atoms with Crippen molar-refractivity contribution in [1.29, 1.82) is 0 Å². The summed E-state index contributed by atoms with van der Waals surface area (Å²) in [6.07, 6.45) is 1.98. The normalized spacial score (nSPS) is 10.3. The van der Waals surface area contributed by atoms with Crippen LogP contribution >= 0.6 is 0 Å². The van der Waals surface area contributed by atoms with Crippen LogP contribution in [0.15, 0.2) is 24.3 Å². The highest BCUT2D eigenvalue weighted by Crippen LogP contribution is 2.13. The van der Waals surface area contributed by atoms with Crippen LogP contribution in [-0.2, 0) is 16.0 Å². The highest BCUT2D eigenvalue weighted by molar-refractivity contribution is 5.72. The second-order valence-electron chi connectivity index (χ2n) is 4.43. The fourth-order valence-corrected chi connectivity index (χ4v) is 1.66. The SMILES string of the molecule is COC(=O)Cc1ccc(OCCCNCCCO)cc1. The summed E-state index contributed by atoms with van der Waals surface area (Å²) in [4.78, 5) is 11.1. The second-order valence-corrected chi connectivity index (χ2v) is 4.43. The van der Waals surface area contributed by atoms with E-state index in [1.54, 1.807) is 0 Å². The number of methoxy groups -OCH3 is 1. The van der Waals surface area contributed by atoms with Gasteiger partial charge in [0, 0.05) is 6.61 Å². The van der Waals surface area contributed by atoms with E-state index in [4.69, 9.17) is 9.84 Å². The van der Waals surface area contributed by atoms with Crippen LogP contribution in [0.1, 0.15) is 18.4 Å². The number of nitrogens with one attached hydrogen (secondary N) is 1. The van der Waals surface area contributed by atoms with E-state index in [-0.39, 0.29) is 19.0 Å². The Balaban J connectivity index is 2.16. The molecular formula is C15H23NO4. The molecule has 1 aromatic rings. The molecule has 0 fully saturated rings. The minimum Gasteiger partial charge on any atom is -0.494 e. The maximum absolute atomic E-state index is 11.1. The van der Waals surface area contributed by atoms with Crippen molar-refractivity contribution in [3.8, 4) is 5.75 Å². The van der Waals surface area contributed by atoms with Crippen LogP contribution in [0.4, 0.5) is 0 Å². The summed E-state index contributed by atoms with van der Waals surface area (Å²) in [7, 11) is 1.38. The van der Waals surface area contributed by atoms with Crippen LogP contribution in [0.2, 0.25) is 0 Å². The Morgan fingerprint density at radius 3 is 2.55 bits per heavy atom. The van der Waals surface area contributed by atoms with Crippen LogP contribution in [0, 0.1) is 0 Å². The third-order valence-electron chi connectivity index (χ3n) is 2.78. The fraction of sp³-hybridized carbons (Fsp3) is 0.533. The Bertz CT molecular complexity index is 378. The van der Waals surface area contributed by atoms with Gasteiger partial charge in [-0.3, -0.25) is 4.79 Å². The summed E-state index contributed by atoms with van der Waals surface area (Å²) < 4.78 is 10.2. The zero-order valence-electron chi connectivity index (χ0n) is 11.9. The lowest BCUT2D eigenvalue weighted by Gasteiger charge is -2.07. The summed E-state index contributed by atoms with van der Waals surface area (Å²) >= 11 is 0. The molecule has 1 rings (SSSR count). The number of carbonyl (C=O) groups excluding carboxylic acids is 1. The van der Waals surface area contributed by atoms with Crippen molar-refractivity contribution >= 4 is 5.97 Å². The number of benzene rings is 1. The van der Waals surface area contributed by atoms with Crippen molar-refractivity contribution < 1.29 is 19.4 Å². The highest BCUT2D eigenvalue weighted by atomic mass is 16.5. The lowest BCUT2D eigenvalue weighted by atomic mass is 10.1. The van der Waals surface area contributed by atoms with Gasteiger partial charge in [0.2, 0.25) is 0 Å². The van der Waals surface area contributed by atoms with Crippen LogP contribution in [0.3, 0.4) is 0 Å². The number of aliphatic hydroxyl groups excluding tert-OH is 1. The van der Waals surface area contributed by atoms with Crippen LogP contribution in [0.25, 0.3) is 0 Å². The number of esters is 1. The molecule has 0 saturated heterocycles. The van der Waals surface area contributed by atoms with E-state index >= 15 is 0 Å². The minimum atomic E-state index is -0.243. The van der Waals surface area contributed by atoms with Crippen molar-refractivity contribution in [3.05, 3.63) is 29.8 Å². The molecule has 0 unspecified atom stereocenters. The molecule has 0 saturated carbocycles. The van der Waals surface area contributed by atoms with Crippen LogP contribution in [-0.4, -0.2) is 44.5 Å². The van der Waals surface area contributed by atoms with E-state index in [1.807, 2.05) is 24.3 Å². The monoisotopic (exact) mass is 281 g/mol. The Kier molecular flexibility index (Phi) is 8.42. The maximum atomic E-state index is 11.1. The zero-order chi connectivity index (χ0) is 14.6. The predicted octanol–water partition coefficient (Wildman–Crippen LogP) is 1.14. The van der Waals surface area contributed by atoms with Crippen molar-refractivity contribution in [2.45, 2.75) is 19.3 Å². The predicted molar refractivity (Wildman–Crippen MR) is 76.8 cm³/mol. The minimum absolute atomic E-state index is 0.224. The summed E-state index contributed by atoms with van der Waals surface area (Å²) in [5.74, 6) is 0.557. The molecule has 112 valence electrons. The quantitative estimate of drug-likeness (QED) is 0.497. The van der Waals surface area contributed by atoms with Crippen molar-refractivity contribution in [2.24, 2.45) is 0 Å². The molecule has 0 aromatic heterocycles. The van der Waals surface area contributed by atoms with Crippen LogP contribution < -0.4 is 10.1 Å². The standard InChI is InChI=1S/C15H23NO4/c1-19-15(18)12-13-4-6-14(7-5-13)20-11-3-9-16-8-2-10-17/h4-7,16-17H,2-3,8-12H2,1H3. The number of ether oxygens (including phenoxy) is 2. The van der Waals surface area contributed by atoms with E-state index in [2.05, 4.69) is 10.1 Å². The number of hydrogen-bond acceptors (Lipinski definition) is 5. The largest absolute Gasteiger partial charge is 0.494 e. The van der Waals surface area contributed by atoms with Gasteiger partial charge in [-0.05, 0) is 43.6 Å². The van der Waals surface area contributed by atoms with Gasteiger partial charge < -0.3 is 19.9 Å². The molecule has 0 atom stereocenters. The van der Waals surface area contributed by atoms with Gasteiger partial charge in [-0.1, -0.05) is 12.1 Å². The molecule has 5 heteroatoms. The average Bonchev–Trinajstić information content (AvgIpc) is 2.48. The third kappa shape index (κ3) is 7.11.